The molecule has 0 aliphatic heterocycles. The zero-order chi connectivity index (χ0) is 14.0. The van der Waals surface area contributed by atoms with E-state index >= 15 is 0 Å². The van der Waals surface area contributed by atoms with E-state index in [1.54, 1.807) is 0 Å². The monoisotopic (exact) mass is 265 g/mol. The molecule has 20 heavy (non-hydrogen) atoms. The minimum Gasteiger partial charge on any atom is -0.306 e. The quantitative estimate of drug-likeness (QED) is 0.844. The van der Waals surface area contributed by atoms with Crippen LogP contribution in [-0.4, -0.2) is 6.54 Å². The summed E-state index contributed by atoms with van der Waals surface area (Å²) in [4.78, 5) is 0. The molecule has 2 aromatic rings. The fraction of sp³-hybridized carbons (Fsp3) is 0.368. The Morgan fingerprint density at radius 1 is 0.950 bits per heavy atom. The number of rotatable bonds is 5. The normalized spacial score (nSPS) is 20.1. The lowest BCUT2D eigenvalue weighted by molar-refractivity contribution is 0.496. The van der Waals surface area contributed by atoms with Gasteiger partial charge < -0.3 is 5.32 Å². The van der Waals surface area contributed by atoms with Gasteiger partial charge in [-0.2, -0.15) is 0 Å². The van der Waals surface area contributed by atoms with Crippen LogP contribution in [-0.2, 0) is 0 Å². The first-order valence-electron chi connectivity index (χ1n) is 7.50. The molecule has 0 saturated heterocycles. The van der Waals surface area contributed by atoms with E-state index in [9.17, 15) is 0 Å². The van der Waals surface area contributed by atoms with Crippen molar-refractivity contribution in [1.29, 1.82) is 0 Å². The highest BCUT2D eigenvalue weighted by molar-refractivity contribution is 5.31. The average molecular weight is 265 g/mol. The predicted octanol–water partition coefficient (Wildman–Crippen LogP) is 4.41. The van der Waals surface area contributed by atoms with Crippen molar-refractivity contribution in [1.82, 2.24) is 5.32 Å². The molecule has 0 heterocycles. The molecule has 1 saturated carbocycles. The van der Waals surface area contributed by atoms with E-state index in [0.29, 0.717) is 11.5 Å². The molecule has 1 heteroatoms. The van der Waals surface area contributed by atoms with Crippen molar-refractivity contribution < 1.29 is 0 Å². The lowest BCUT2D eigenvalue weighted by Gasteiger charge is -2.20. The Morgan fingerprint density at radius 2 is 1.40 bits per heavy atom. The Kier molecular flexibility index (Phi) is 3.62. The first-order chi connectivity index (χ1) is 9.67. The van der Waals surface area contributed by atoms with Crippen molar-refractivity contribution in [2.75, 3.05) is 6.54 Å². The van der Waals surface area contributed by atoms with Crippen molar-refractivity contribution >= 4 is 0 Å². The van der Waals surface area contributed by atoms with Crippen LogP contribution in [0.5, 0.6) is 0 Å². The Labute approximate surface area is 122 Å². The van der Waals surface area contributed by atoms with Crippen LogP contribution in [0.1, 0.15) is 37.4 Å². The Hall–Kier alpha value is -1.60. The lowest BCUT2D eigenvalue weighted by atomic mass is 9.98. The highest BCUT2D eigenvalue weighted by atomic mass is 14.9. The number of nitrogens with one attached hydrogen (secondary N) is 1. The molecule has 0 spiro atoms. The van der Waals surface area contributed by atoms with Gasteiger partial charge in [0.25, 0.3) is 0 Å². The van der Waals surface area contributed by atoms with E-state index in [4.69, 9.17) is 0 Å². The summed E-state index contributed by atoms with van der Waals surface area (Å²) in [5.41, 5.74) is 3.22. The molecule has 1 atom stereocenters. The lowest BCUT2D eigenvalue weighted by Crippen LogP contribution is -2.25. The highest BCUT2D eigenvalue weighted by Crippen LogP contribution is 2.51. The molecule has 1 aliphatic rings. The van der Waals surface area contributed by atoms with Gasteiger partial charge in [-0.25, -0.2) is 0 Å². The van der Waals surface area contributed by atoms with Gasteiger partial charge in [0.15, 0.2) is 0 Å². The minimum absolute atomic E-state index is 0.300. The predicted molar refractivity (Wildman–Crippen MR) is 84.6 cm³/mol. The van der Waals surface area contributed by atoms with Crippen molar-refractivity contribution in [2.45, 2.75) is 26.3 Å². The molecule has 0 bridgehead atoms. The van der Waals surface area contributed by atoms with Crippen molar-refractivity contribution in [3.8, 4) is 0 Å². The molecule has 1 N–H and O–H groups in total. The molecular formula is C19H23N. The molecule has 104 valence electrons. The number of benzene rings is 2. The zero-order valence-corrected chi connectivity index (χ0v) is 12.3. The maximum atomic E-state index is 3.77. The maximum absolute atomic E-state index is 3.77. The van der Waals surface area contributed by atoms with Crippen molar-refractivity contribution in [2.24, 2.45) is 11.3 Å². The molecule has 0 aromatic heterocycles. The molecule has 2 aromatic carbocycles. The Morgan fingerprint density at radius 3 is 1.80 bits per heavy atom. The fourth-order valence-electron chi connectivity index (χ4n) is 2.90. The summed E-state index contributed by atoms with van der Waals surface area (Å²) in [7, 11) is 0. The SMILES string of the molecule is CC1(C)CC1CNC(c1ccccc1)c1ccccc1. The second-order valence-electron chi connectivity index (χ2n) is 6.55. The van der Waals surface area contributed by atoms with Gasteiger partial charge in [0.05, 0.1) is 6.04 Å². The van der Waals surface area contributed by atoms with Crippen LogP contribution in [0.2, 0.25) is 0 Å². The van der Waals surface area contributed by atoms with Gasteiger partial charge in [-0.15, -0.1) is 0 Å². The minimum atomic E-state index is 0.300. The van der Waals surface area contributed by atoms with Crippen molar-refractivity contribution in [3.63, 3.8) is 0 Å². The van der Waals surface area contributed by atoms with Gasteiger partial charge in [0, 0.05) is 0 Å². The molecule has 1 aliphatic carbocycles. The van der Waals surface area contributed by atoms with E-state index in [1.165, 1.54) is 17.5 Å². The summed E-state index contributed by atoms with van der Waals surface area (Å²) < 4.78 is 0. The first-order valence-corrected chi connectivity index (χ1v) is 7.50. The van der Waals surface area contributed by atoms with Crippen LogP contribution in [0, 0.1) is 11.3 Å². The number of hydrogen-bond donors (Lipinski definition) is 1. The van der Waals surface area contributed by atoms with Crippen molar-refractivity contribution in [3.05, 3.63) is 71.8 Å². The summed E-state index contributed by atoms with van der Waals surface area (Å²) in [6, 6.07) is 21.8. The molecule has 1 fully saturated rings. The van der Waals surface area contributed by atoms with Crippen LogP contribution >= 0.6 is 0 Å². The smallest absolute Gasteiger partial charge is 0.0576 e. The van der Waals surface area contributed by atoms with Gasteiger partial charge in [0.1, 0.15) is 0 Å². The summed E-state index contributed by atoms with van der Waals surface area (Å²) in [5.74, 6) is 0.817. The molecule has 3 rings (SSSR count). The molecule has 0 radical (unpaired) electrons. The largest absolute Gasteiger partial charge is 0.306 e. The second-order valence-corrected chi connectivity index (χ2v) is 6.55. The van der Waals surface area contributed by atoms with E-state index in [0.717, 1.165) is 12.5 Å². The third kappa shape index (κ3) is 2.94. The molecular weight excluding hydrogens is 242 g/mol. The van der Waals surface area contributed by atoms with Gasteiger partial charge in [-0.3, -0.25) is 0 Å². The molecule has 0 amide bonds. The third-order valence-corrected chi connectivity index (χ3v) is 4.55. The Balaban J connectivity index is 1.78. The van der Waals surface area contributed by atoms with E-state index in [2.05, 4.69) is 79.8 Å². The van der Waals surface area contributed by atoms with Crippen LogP contribution in [0.25, 0.3) is 0 Å². The van der Waals surface area contributed by atoms with Crippen LogP contribution in [0.3, 0.4) is 0 Å². The van der Waals surface area contributed by atoms with Crippen LogP contribution in [0.4, 0.5) is 0 Å². The summed E-state index contributed by atoms with van der Waals surface area (Å²) in [5, 5.41) is 3.77. The standard InChI is InChI=1S/C19H23N/c1-19(2)13-17(19)14-20-18(15-9-5-3-6-10-15)16-11-7-4-8-12-16/h3-12,17-18,20H,13-14H2,1-2H3. The van der Waals surface area contributed by atoms with Crippen LogP contribution in [0.15, 0.2) is 60.7 Å². The highest BCUT2D eigenvalue weighted by Gasteiger charge is 2.45. The molecule has 1 unspecified atom stereocenters. The topological polar surface area (TPSA) is 12.0 Å². The summed E-state index contributed by atoms with van der Waals surface area (Å²) in [6.07, 6.45) is 1.34. The Bertz CT molecular complexity index is 505. The molecule has 1 nitrogen and oxygen atoms in total. The average Bonchev–Trinajstić information content (AvgIpc) is 3.09. The second kappa shape index (κ2) is 5.41. The van der Waals surface area contributed by atoms with Gasteiger partial charge in [0.2, 0.25) is 0 Å². The van der Waals surface area contributed by atoms with E-state index in [-0.39, 0.29) is 0 Å². The maximum Gasteiger partial charge on any atom is 0.0576 e. The van der Waals surface area contributed by atoms with E-state index < -0.39 is 0 Å². The zero-order valence-electron chi connectivity index (χ0n) is 12.3. The van der Waals surface area contributed by atoms with Gasteiger partial charge in [-0.1, -0.05) is 74.5 Å². The third-order valence-electron chi connectivity index (χ3n) is 4.55. The number of hydrogen-bond acceptors (Lipinski definition) is 1. The van der Waals surface area contributed by atoms with Crippen LogP contribution < -0.4 is 5.32 Å². The van der Waals surface area contributed by atoms with Gasteiger partial charge in [-0.05, 0) is 35.4 Å². The van der Waals surface area contributed by atoms with E-state index in [1.807, 2.05) is 0 Å². The summed E-state index contributed by atoms with van der Waals surface area (Å²) >= 11 is 0. The fourth-order valence-corrected chi connectivity index (χ4v) is 2.90. The van der Waals surface area contributed by atoms with Gasteiger partial charge >= 0.3 is 0 Å². The first kappa shape index (κ1) is 13.4. The summed E-state index contributed by atoms with van der Waals surface area (Å²) in [6.45, 7) is 5.82.